The summed E-state index contributed by atoms with van der Waals surface area (Å²) in [7, 11) is 3.30. The molecule has 2 aromatic carbocycles. The highest BCUT2D eigenvalue weighted by Crippen LogP contribution is 2.33. The van der Waals surface area contributed by atoms with Crippen molar-refractivity contribution in [1.29, 1.82) is 0 Å². The van der Waals surface area contributed by atoms with Crippen LogP contribution in [0.3, 0.4) is 0 Å². The van der Waals surface area contributed by atoms with Gasteiger partial charge in [-0.2, -0.15) is 5.10 Å². The first kappa shape index (κ1) is 21.1. The summed E-state index contributed by atoms with van der Waals surface area (Å²) in [5.74, 6) is 0.992. The maximum Gasteiger partial charge on any atom is 0.166 e. The molecule has 2 heterocycles. The third-order valence-electron chi connectivity index (χ3n) is 6.04. The zero-order valence-electron chi connectivity index (χ0n) is 18.7. The van der Waals surface area contributed by atoms with Gasteiger partial charge in [-0.3, -0.25) is 4.79 Å². The molecule has 4 aromatic rings. The molecule has 1 aliphatic carbocycles. The number of carbonyl (C=O) groups excluding carboxylic acids is 1. The highest BCUT2D eigenvalue weighted by Gasteiger charge is 2.28. The van der Waals surface area contributed by atoms with E-state index < -0.39 is 0 Å². The number of ether oxygens (including phenoxy) is 2. The molecule has 6 nitrogen and oxygen atoms in total. The summed E-state index contributed by atoms with van der Waals surface area (Å²) >= 11 is 0. The average molecular weight is 440 g/mol. The van der Waals surface area contributed by atoms with Gasteiger partial charge in [0.2, 0.25) is 0 Å². The number of allylic oxidation sites excluding steroid dienone is 1. The quantitative estimate of drug-likeness (QED) is 0.423. The normalized spacial score (nSPS) is 15.8. The lowest BCUT2D eigenvalue weighted by molar-refractivity contribution is 0.0957. The van der Waals surface area contributed by atoms with E-state index in [1.165, 1.54) is 0 Å². The van der Waals surface area contributed by atoms with Gasteiger partial charge in [-0.1, -0.05) is 54.6 Å². The molecule has 0 amide bonds. The van der Waals surface area contributed by atoms with Crippen LogP contribution in [0, 0.1) is 5.92 Å². The molecule has 0 saturated carbocycles. The van der Waals surface area contributed by atoms with Crippen LogP contribution in [0.5, 0.6) is 5.75 Å². The number of methoxy groups -OCH3 is 2. The molecule has 0 fully saturated rings. The van der Waals surface area contributed by atoms with Crippen molar-refractivity contribution in [2.24, 2.45) is 5.92 Å². The van der Waals surface area contributed by atoms with Crippen molar-refractivity contribution >= 4 is 17.5 Å². The molecule has 0 bridgehead atoms. The van der Waals surface area contributed by atoms with Crippen LogP contribution in [0.1, 0.15) is 33.7 Å². The van der Waals surface area contributed by atoms with Crippen molar-refractivity contribution in [3.8, 4) is 16.9 Å². The summed E-state index contributed by atoms with van der Waals surface area (Å²) in [6, 6.07) is 18.0. The minimum atomic E-state index is 0.100. The summed E-state index contributed by atoms with van der Waals surface area (Å²) in [5.41, 5.74) is 6.09. The molecule has 5 rings (SSSR count). The highest BCUT2D eigenvalue weighted by molar-refractivity contribution is 5.98. The van der Waals surface area contributed by atoms with Crippen LogP contribution in [0.4, 0.5) is 0 Å². The molecule has 33 heavy (non-hydrogen) atoms. The van der Waals surface area contributed by atoms with Gasteiger partial charge in [0.05, 0.1) is 36.2 Å². The molecule has 2 aromatic heterocycles. The number of carbonyl (C=O) groups is 1. The van der Waals surface area contributed by atoms with Gasteiger partial charge in [-0.25, -0.2) is 9.50 Å². The van der Waals surface area contributed by atoms with Gasteiger partial charge in [0.15, 0.2) is 11.4 Å². The summed E-state index contributed by atoms with van der Waals surface area (Å²) in [6.07, 6.45) is 7.12. The third kappa shape index (κ3) is 4.05. The van der Waals surface area contributed by atoms with Gasteiger partial charge in [0.1, 0.15) is 5.75 Å². The van der Waals surface area contributed by atoms with E-state index in [0.29, 0.717) is 18.6 Å². The van der Waals surface area contributed by atoms with Crippen LogP contribution in [0.25, 0.3) is 22.9 Å². The van der Waals surface area contributed by atoms with E-state index in [1.54, 1.807) is 20.4 Å². The topological polar surface area (TPSA) is 65.7 Å². The lowest BCUT2D eigenvalue weighted by Crippen LogP contribution is -2.22. The van der Waals surface area contributed by atoms with Crippen LogP contribution in [-0.4, -0.2) is 34.6 Å². The standard InChI is InChI=1S/C27H25N3O3/c1-32-17-23-26(20-10-12-21(33-2)13-11-20)27-28-16-22-24(30(27)29-23)14-19(15-25(22)31)9-8-18-6-4-3-5-7-18/h3-13,16,19H,14-15,17H2,1-2H3. The molecule has 166 valence electrons. The van der Waals surface area contributed by atoms with Crippen LogP contribution in [0.15, 0.2) is 66.9 Å². The van der Waals surface area contributed by atoms with E-state index in [9.17, 15) is 4.79 Å². The SMILES string of the molecule is COCc1nn2c3c(cnc2c1-c1ccc(OC)cc1)C(=O)CC(C=Cc1ccccc1)C3. The lowest BCUT2D eigenvalue weighted by atomic mass is 9.86. The molecule has 6 heteroatoms. The second kappa shape index (κ2) is 9.00. The van der Waals surface area contributed by atoms with E-state index in [4.69, 9.17) is 14.6 Å². The Labute approximate surface area is 192 Å². The number of Topliss-reactive ketones (excluding diaryl/α,β-unsaturated/α-hetero) is 1. The second-order valence-electron chi connectivity index (χ2n) is 8.20. The highest BCUT2D eigenvalue weighted by atomic mass is 16.5. The van der Waals surface area contributed by atoms with Gasteiger partial charge in [0.25, 0.3) is 0 Å². The van der Waals surface area contributed by atoms with Crippen LogP contribution < -0.4 is 4.74 Å². The fourth-order valence-electron chi connectivity index (χ4n) is 4.41. The summed E-state index contributed by atoms with van der Waals surface area (Å²) < 4.78 is 12.6. The molecular weight excluding hydrogens is 414 g/mol. The second-order valence-corrected chi connectivity index (χ2v) is 8.20. The molecule has 0 N–H and O–H groups in total. The Balaban J connectivity index is 1.58. The zero-order valence-corrected chi connectivity index (χ0v) is 18.7. The summed E-state index contributed by atoms with van der Waals surface area (Å²) in [5, 5.41) is 4.84. The molecule has 0 radical (unpaired) electrons. The van der Waals surface area contributed by atoms with E-state index in [0.717, 1.165) is 45.9 Å². The monoisotopic (exact) mass is 439 g/mol. The van der Waals surface area contributed by atoms with Crippen LogP contribution in [-0.2, 0) is 17.8 Å². The van der Waals surface area contributed by atoms with E-state index >= 15 is 0 Å². The van der Waals surface area contributed by atoms with E-state index in [1.807, 2.05) is 47.0 Å². The maximum absolute atomic E-state index is 13.0. The number of ketones is 1. The molecule has 1 atom stereocenters. The number of aromatic nitrogens is 3. The predicted molar refractivity (Wildman–Crippen MR) is 127 cm³/mol. The Morgan fingerprint density at radius 1 is 1.06 bits per heavy atom. The summed E-state index contributed by atoms with van der Waals surface area (Å²) in [4.78, 5) is 17.6. The number of fused-ring (bicyclic) bond motifs is 3. The Bertz CT molecular complexity index is 1320. The minimum Gasteiger partial charge on any atom is -0.497 e. The average Bonchev–Trinajstić information content (AvgIpc) is 3.22. The lowest BCUT2D eigenvalue weighted by Gasteiger charge is -2.21. The van der Waals surface area contributed by atoms with E-state index in [2.05, 4.69) is 29.3 Å². The van der Waals surface area contributed by atoms with Crippen molar-refractivity contribution in [3.05, 3.63) is 89.4 Å². The van der Waals surface area contributed by atoms with E-state index in [-0.39, 0.29) is 11.7 Å². The van der Waals surface area contributed by atoms with Crippen molar-refractivity contribution < 1.29 is 14.3 Å². The Morgan fingerprint density at radius 3 is 2.58 bits per heavy atom. The molecular formula is C27H25N3O3. The number of nitrogens with zero attached hydrogens (tertiary/aromatic N) is 3. The molecule has 1 unspecified atom stereocenters. The third-order valence-corrected chi connectivity index (χ3v) is 6.04. The van der Waals surface area contributed by atoms with Crippen molar-refractivity contribution in [3.63, 3.8) is 0 Å². The Kier molecular flexibility index (Phi) is 5.75. The molecule has 0 spiro atoms. The maximum atomic E-state index is 13.0. The van der Waals surface area contributed by atoms with Gasteiger partial charge in [-0.05, 0) is 35.6 Å². The molecule has 0 aliphatic heterocycles. The fraction of sp³-hybridized carbons (Fsp3) is 0.222. The number of hydrogen-bond donors (Lipinski definition) is 0. The molecule has 1 aliphatic rings. The number of rotatable bonds is 6. The Hall–Kier alpha value is -3.77. The van der Waals surface area contributed by atoms with Crippen molar-refractivity contribution in [2.75, 3.05) is 14.2 Å². The largest absolute Gasteiger partial charge is 0.497 e. The first-order valence-electron chi connectivity index (χ1n) is 11.0. The number of hydrogen-bond acceptors (Lipinski definition) is 5. The van der Waals surface area contributed by atoms with Gasteiger partial charge in [0, 0.05) is 19.7 Å². The van der Waals surface area contributed by atoms with Crippen molar-refractivity contribution in [2.45, 2.75) is 19.4 Å². The van der Waals surface area contributed by atoms with Crippen molar-refractivity contribution in [1.82, 2.24) is 14.6 Å². The number of benzene rings is 2. The van der Waals surface area contributed by atoms with Crippen LogP contribution in [0.2, 0.25) is 0 Å². The summed E-state index contributed by atoms with van der Waals surface area (Å²) in [6.45, 7) is 0.352. The smallest absolute Gasteiger partial charge is 0.166 e. The molecule has 0 saturated heterocycles. The minimum absolute atomic E-state index is 0.100. The first-order valence-corrected chi connectivity index (χ1v) is 11.0. The van der Waals surface area contributed by atoms with Crippen LogP contribution >= 0.6 is 0 Å². The predicted octanol–water partition coefficient (Wildman–Crippen LogP) is 5.01. The van der Waals surface area contributed by atoms with Gasteiger partial charge >= 0.3 is 0 Å². The first-order chi connectivity index (χ1) is 16.2. The Morgan fingerprint density at radius 2 is 1.85 bits per heavy atom. The van der Waals surface area contributed by atoms with Gasteiger partial charge in [-0.15, -0.1) is 0 Å². The van der Waals surface area contributed by atoms with Gasteiger partial charge < -0.3 is 9.47 Å². The zero-order chi connectivity index (χ0) is 22.8. The fourth-order valence-corrected chi connectivity index (χ4v) is 4.41.